The first-order chi connectivity index (χ1) is 8.25. The van der Waals surface area contributed by atoms with Gasteiger partial charge in [-0.15, -0.1) is 0 Å². The summed E-state index contributed by atoms with van der Waals surface area (Å²) in [6.07, 6.45) is 7.95. The van der Waals surface area contributed by atoms with Crippen molar-refractivity contribution >= 4 is 0 Å². The molecule has 0 amide bonds. The molecule has 0 aromatic heterocycles. The maximum Gasteiger partial charge on any atom is -1.00 e. The second-order valence-electron chi connectivity index (χ2n) is 4.61. The maximum atomic E-state index is 2.31. The molecule has 0 radical (unpaired) electrons. The van der Waals surface area contributed by atoms with Gasteiger partial charge in [0.25, 0.3) is 0 Å². The number of rotatable bonds is 5. The zero-order valence-corrected chi connectivity index (χ0v) is 15.3. The van der Waals surface area contributed by atoms with E-state index in [9.17, 15) is 0 Å². The molecule has 0 spiro atoms. The summed E-state index contributed by atoms with van der Waals surface area (Å²) in [6.45, 7) is 1.15. The monoisotopic (exact) mass is 369 g/mol. The average Bonchev–Trinajstić information content (AvgIpc) is 2.82. The molecule has 0 saturated heterocycles. The van der Waals surface area contributed by atoms with E-state index in [1.165, 1.54) is 12.0 Å². The largest absolute Gasteiger partial charge is 1.00 e. The molecule has 1 aromatic carbocycles. The summed E-state index contributed by atoms with van der Waals surface area (Å²) in [7, 11) is 4.33. The van der Waals surface area contributed by atoms with Crippen molar-refractivity contribution in [2.45, 2.75) is 11.1 Å². The minimum Gasteiger partial charge on any atom is -1.00 e. The van der Waals surface area contributed by atoms with Crippen molar-refractivity contribution < 1.29 is 53.5 Å². The van der Waals surface area contributed by atoms with E-state index in [1.54, 1.807) is 4.28 Å². The molecule has 1 unspecified atom stereocenters. The SMILES string of the molecule is CN(C)C[CH]([V+3][C]1=CC=CC1)c1ccccc1.[Cl-].[Cl-].[Cl-]. The molecule has 1 nitrogen and oxygen atoms in total. The van der Waals surface area contributed by atoms with Gasteiger partial charge in [0, 0.05) is 0 Å². The predicted molar refractivity (Wildman–Crippen MR) is 69.6 cm³/mol. The van der Waals surface area contributed by atoms with Crippen LogP contribution in [0.1, 0.15) is 16.6 Å². The first-order valence-electron chi connectivity index (χ1n) is 6.02. The van der Waals surface area contributed by atoms with E-state index in [-0.39, 0.29) is 53.5 Å². The van der Waals surface area contributed by atoms with Gasteiger partial charge < -0.3 is 37.2 Å². The Hall–Kier alpha value is 0.114. The van der Waals surface area contributed by atoms with Gasteiger partial charge in [-0.3, -0.25) is 0 Å². The van der Waals surface area contributed by atoms with Crippen molar-refractivity contribution in [3.05, 3.63) is 58.4 Å². The standard InChI is InChI=1S/C10H14N.C5H5.3ClH.V/c1-11(2)9-8-10-6-4-3-5-7-10;1-2-4-5-3-1;;;;/h3-8H,9H2,1-2H3;1-3H,4H2;3*1H;/q;;;;;+3/p-3. The third-order valence-corrected chi connectivity index (χ3v) is 5.04. The summed E-state index contributed by atoms with van der Waals surface area (Å²) < 4.78 is 2.35. The van der Waals surface area contributed by atoms with Crippen molar-refractivity contribution in [3.63, 3.8) is 0 Å². The molecule has 0 N–H and O–H groups in total. The van der Waals surface area contributed by atoms with E-state index in [0.29, 0.717) is 4.63 Å². The zero-order chi connectivity index (χ0) is 12.1. The van der Waals surface area contributed by atoms with E-state index in [2.05, 4.69) is 67.6 Å². The van der Waals surface area contributed by atoms with Crippen LogP contribution in [0.4, 0.5) is 0 Å². The Balaban J connectivity index is 0. The van der Waals surface area contributed by atoms with Crippen LogP contribution in [0.2, 0.25) is 0 Å². The topological polar surface area (TPSA) is 3.24 Å². The molecule has 0 aliphatic heterocycles. The van der Waals surface area contributed by atoms with Gasteiger partial charge in [0.1, 0.15) is 0 Å². The molecule has 1 aliphatic rings. The van der Waals surface area contributed by atoms with Crippen LogP contribution in [0.3, 0.4) is 0 Å². The number of halogens is 3. The van der Waals surface area contributed by atoms with E-state index in [4.69, 9.17) is 0 Å². The number of benzene rings is 1. The van der Waals surface area contributed by atoms with Gasteiger partial charge in [0.2, 0.25) is 0 Å². The first kappa shape index (κ1) is 22.4. The minimum atomic E-state index is 0. The van der Waals surface area contributed by atoms with Crippen LogP contribution in [0.5, 0.6) is 0 Å². The molecule has 0 heterocycles. The minimum absolute atomic E-state index is 0. The summed E-state index contributed by atoms with van der Waals surface area (Å²) in [5, 5.41) is 0. The summed E-state index contributed by atoms with van der Waals surface area (Å²) in [4.78, 5) is 2.30. The Labute approximate surface area is 148 Å². The molecule has 0 saturated carbocycles. The van der Waals surface area contributed by atoms with Gasteiger partial charge >= 0.3 is 111 Å². The normalized spacial score (nSPS) is 13.4. The molecule has 2 rings (SSSR count). The number of hydrogen-bond donors (Lipinski definition) is 0. The summed E-state index contributed by atoms with van der Waals surface area (Å²) >= 11 is 0.259. The third-order valence-electron chi connectivity index (χ3n) is 2.80. The Morgan fingerprint density at radius 1 is 1.10 bits per heavy atom. The summed E-state index contributed by atoms with van der Waals surface area (Å²) in [6, 6.07) is 10.9. The molecule has 110 valence electrons. The van der Waals surface area contributed by atoms with Gasteiger partial charge in [0.05, 0.1) is 0 Å². The van der Waals surface area contributed by atoms with E-state index in [1.807, 2.05) is 0 Å². The Morgan fingerprint density at radius 3 is 2.25 bits per heavy atom. The molecule has 1 aromatic rings. The van der Waals surface area contributed by atoms with Gasteiger partial charge in [-0.05, 0) is 0 Å². The molecular formula is C15H19Cl3NV. The number of hydrogen-bond acceptors (Lipinski definition) is 1. The fourth-order valence-corrected chi connectivity index (χ4v) is 4.34. The Morgan fingerprint density at radius 2 is 1.75 bits per heavy atom. The molecule has 1 atom stereocenters. The summed E-state index contributed by atoms with van der Waals surface area (Å²) in [5.74, 6) is 0. The summed E-state index contributed by atoms with van der Waals surface area (Å²) in [5.41, 5.74) is 1.49. The fraction of sp³-hybridized carbons (Fsp3) is 0.333. The van der Waals surface area contributed by atoms with Crippen LogP contribution < -0.4 is 37.2 Å². The van der Waals surface area contributed by atoms with Gasteiger partial charge in [0.15, 0.2) is 0 Å². The van der Waals surface area contributed by atoms with Crippen molar-refractivity contribution in [3.8, 4) is 0 Å². The van der Waals surface area contributed by atoms with E-state index < -0.39 is 0 Å². The predicted octanol–water partition coefficient (Wildman–Crippen LogP) is -5.77. The van der Waals surface area contributed by atoms with Crippen LogP contribution in [-0.4, -0.2) is 25.5 Å². The maximum absolute atomic E-state index is 2.31. The van der Waals surface area contributed by atoms with Crippen LogP contribution >= 0.6 is 0 Å². The second-order valence-corrected chi connectivity index (χ2v) is 6.88. The quantitative estimate of drug-likeness (QED) is 0.499. The fourth-order valence-electron chi connectivity index (χ4n) is 1.97. The Kier molecular flexibility index (Phi) is 13.1. The van der Waals surface area contributed by atoms with Crippen LogP contribution in [0, 0.1) is 0 Å². The van der Waals surface area contributed by atoms with Crippen molar-refractivity contribution in [1.82, 2.24) is 4.90 Å². The Bertz CT molecular complexity index is 418. The molecule has 0 bridgehead atoms. The van der Waals surface area contributed by atoms with Crippen molar-refractivity contribution in [2.75, 3.05) is 20.6 Å². The molecule has 1 aliphatic carbocycles. The molecule has 20 heavy (non-hydrogen) atoms. The van der Waals surface area contributed by atoms with E-state index in [0.717, 1.165) is 6.54 Å². The smallest absolute Gasteiger partial charge is 1.00 e. The number of nitrogens with zero attached hydrogens (tertiary/aromatic N) is 1. The first-order valence-corrected chi connectivity index (χ1v) is 7.52. The number of allylic oxidation sites excluding steroid dienone is 4. The number of likely N-dealkylation sites (N-methyl/N-ethyl adjacent to an activating group) is 1. The van der Waals surface area contributed by atoms with Crippen molar-refractivity contribution in [1.29, 1.82) is 0 Å². The van der Waals surface area contributed by atoms with Gasteiger partial charge in [-0.25, -0.2) is 0 Å². The van der Waals surface area contributed by atoms with E-state index >= 15 is 0 Å². The zero-order valence-electron chi connectivity index (χ0n) is 11.6. The second kappa shape index (κ2) is 11.7. The van der Waals surface area contributed by atoms with Crippen LogP contribution in [-0.2, 0) is 16.3 Å². The third kappa shape index (κ3) is 7.22. The molecule has 0 fully saturated rings. The molecular weight excluding hydrogens is 351 g/mol. The van der Waals surface area contributed by atoms with Crippen LogP contribution in [0.15, 0.2) is 52.8 Å². The molecule has 5 heteroatoms. The van der Waals surface area contributed by atoms with Gasteiger partial charge in [-0.1, -0.05) is 0 Å². The van der Waals surface area contributed by atoms with Crippen LogP contribution in [0.25, 0.3) is 0 Å². The van der Waals surface area contributed by atoms with Crippen molar-refractivity contribution in [2.24, 2.45) is 0 Å². The average molecular weight is 371 g/mol. The van der Waals surface area contributed by atoms with Gasteiger partial charge in [-0.2, -0.15) is 0 Å².